The lowest BCUT2D eigenvalue weighted by atomic mass is 9.90. The van der Waals surface area contributed by atoms with Gasteiger partial charge in [0.05, 0.1) is 22.8 Å². The van der Waals surface area contributed by atoms with E-state index in [0.717, 1.165) is 70.8 Å². The molecule has 0 saturated heterocycles. The Kier molecular flexibility index (Phi) is 6.89. The minimum absolute atomic E-state index is 0.185. The second-order valence-electron chi connectivity index (χ2n) is 11.4. The molecule has 10 nitrogen and oxygen atoms in total. The first-order chi connectivity index (χ1) is 20.9. The summed E-state index contributed by atoms with van der Waals surface area (Å²) in [5.74, 6) is 2.00. The molecule has 1 N–H and O–H groups in total. The van der Waals surface area contributed by atoms with E-state index < -0.39 is 5.72 Å². The number of benzene rings is 1. The number of nitrogens with one attached hydrogen (secondary N) is 1. The van der Waals surface area contributed by atoms with E-state index in [0.29, 0.717) is 23.6 Å². The first kappa shape index (κ1) is 26.9. The predicted octanol–water partition coefficient (Wildman–Crippen LogP) is 6.31. The summed E-state index contributed by atoms with van der Waals surface area (Å²) >= 11 is 0. The second kappa shape index (κ2) is 11.0. The van der Waals surface area contributed by atoms with E-state index in [2.05, 4.69) is 66.7 Å². The summed E-state index contributed by atoms with van der Waals surface area (Å²) in [6.07, 6.45) is 15.4. The topological polar surface area (TPSA) is 123 Å². The molecule has 2 aromatic heterocycles. The molecule has 0 bridgehead atoms. The van der Waals surface area contributed by atoms with Gasteiger partial charge in [0.15, 0.2) is 0 Å². The molecule has 1 aromatic carbocycles. The summed E-state index contributed by atoms with van der Waals surface area (Å²) < 4.78 is 12.5. The molecule has 3 unspecified atom stereocenters. The van der Waals surface area contributed by atoms with Crippen molar-refractivity contribution >= 4 is 34.8 Å². The van der Waals surface area contributed by atoms with Crippen LogP contribution in [0.25, 0.3) is 22.7 Å². The van der Waals surface area contributed by atoms with Gasteiger partial charge in [-0.3, -0.25) is 25.4 Å². The number of hydrazone groups is 1. The SMILES string of the molecule is CC1C=NC(c2ccc(C3(C)NN=C(c4cccc(-c5nnc(C6=CN=C(C7=NC=CCC7)CC6C)o5)c4)O3)cn2)=CC1. The molecule has 10 heteroatoms. The van der Waals surface area contributed by atoms with E-state index in [1.807, 2.05) is 61.9 Å². The summed E-state index contributed by atoms with van der Waals surface area (Å²) in [5.41, 5.74) is 9.44. The Morgan fingerprint density at radius 1 is 1.00 bits per heavy atom. The van der Waals surface area contributed by atoms with E-state index in [4.69, 9.17) is 9.15 Å². The van der Waals surface area contributed by atoms with Crippen LogP contribution in [-0.2, 0) is 10.5 Å². The number of hydrogen-bond acceptors (Lipinski definition) is 10. The first-order valence-electron chi connectivity index (χ1n) is 14.6. The van der Waals surface area contributed by atoms with Crippen LogP contribution in [0.2, 0.25) is 0 Å². The van der Waals surface area contributed by atoms with Crippen LogP contribution < -0.4 is 5.43 Å². The van der Waals surface area contributed by atoms with Crippen molar-refractivity contribution in [3.05, 3.63) is 89.9 Å². The van der Waals surface area contributed by atoms with Gasteiger partial charge < -0.3 is 9.15 Å². The van der Waals surface area contributed by atoms with Crippen molar-refractivity contribution < 1.29 is 9.15 Å². The molecular formula is C33H32N8O2. The highest BCUT2D eigenvalue weighted by Crippen LogP contribution is 2.33. The third kappa shape index (κ3) is 5.36. The van der Waals surface area contributed by atoms with E-state index in [1.165, 1.54) is 0 Å². The molecule has 3 atom stereocenters. The maximum Gasteiger partial charge on any atom is 0.248 e. The van der Waals surface area contributed by atoms with Crippen LogP contribution in [0.1, 0.15) is 69.2 Å². The van der Waals surface area contributed by atoms with Crippen molar-refractivity contribution in [2.45, 2.75) is 52.2 Å². The Labute approximate surface area is 249 Å². The van der Waals surface area contributed by atoms with Gasteiger partial charge in [0, 0.05) is 54.0 Å². The van der Waals surface area contributed by atoms with Gasteiger partial charge in [-0.25, -0.2) is 0 Å². The molecule has 3 aromatic rings. The van der Waals surface area contributed by atoms with Gasteiger partial charge in [-0.15, -0.1) is 15.3 Å². The summed E-state index contributed by atoms with van der Waals surface area (Å²) in [6, 6.07) is 11.7. The number of ether oxygens (including phenoxy) is 1. The van der Waals surface area contributed by atoms with E-state index in [9.17, 15) is 0 Å². The van der Waals surface area contributed by atoms with Crippen LogP contribution in [-0.4, -0.2) is 38.7 Å². The molecule has 216 valence electrons. The van der Waals surface area contributed by atoms with Crippen LogP contribution in [0.3, 0.4) is 0 Å². The number of pyridine rings is 1. The first-order valence-corrected chi connectivity index (χ1v) is 14.6. The fraction of sp³-hybridized carbons (Fsp3) is 0.303. The molecular weight excluding hydrogens is 540 g/mol. The van der Waals surface area contributed by atoms with Crippen LogP contribution in [0, 0.1) is 11.8 Å². The van der Waals surface area contributed by atoms with Crippen molar-refractivity contribution in [3.8, 4) is 11.5 Å². The highest BCUT2D eigenvalue weighted by atomic mass is 16.5. The summed E-state index contributed by atoms with van der Waals surface area (Å²) in [7, 11) is 0. The molecule has 4 aliphatic rings. The van der Waals surface area contributed by atoms with Gasteiger partial charge >= 0.3 is 0 Å². The Hall–Kier alpha value is -4.99. The Morgan fingerprint density at radius 2 is 1.88 bits per heavy atom. The lowest BCUT2D eigenvalue weighted by Crippen LogP contribution is -2.34. The number of aromatic nitrogens is 3. The molecule has 0 fully saturated rings. The molecule has 0 amide bonds. The molecule has 0 spiro atoms. The standard InChI is InChI=1S/C33H32N8O2/c1-20-10-12-27(35-17-20)28-13-11-24(18-36-28)33(3)41-40-31(43-33)23-8-6-7-22(16-23)30-38-39-32(42-30)25-19-37-29(15-21(25)2)26-9-4-5-14-34-26/h5-8,11-14,16-21,41H,4,9-10,15H2,1-3H3. The summed E-state index contributed by atoms with van der Waals surface area (Å²) in [4.78, 5) is 18.4. The van der Waals surface area contributed by atoms with Crippen molar-refractivity contribution in [2.24, 2.45) is 31.9 Å². The van der Waals surface area contributed by atoms with E-state index in [-0.39, 0.29) is 5.92 Å². The minimum Gasteiger partial charge on any atom is -0.444 e. The quantitative estimate of drug-likeness (QED) is 0.369. The Balaban J connectivity index is 1.06. The smallest absolute Gasteiger partial charge is 0.248 e. The van der Waals surface area contributed by atoms with Gasteiger partial charge in [0.2, 0.25) is 23.4 Å². The van der Waals surface area contributed by atoms with Crippen LogP contribution in [0.4, 0.5) is 0 Å². The van der Waals surface area contributed by atoms with Crippen LogP contribution >= 0.6 is 0 Å². The second-order valence-corrected chi connectivity index (χ2v) is 11.4. The number of rotatable bonds is 6. The zero-order valence-electron chi connectivity index (χ0n) is 24.4. The lowest BCUT2D eigenvalue weighted by Gasteiger charge is -2.24. The molecule has 0 aliphatic carbocycles. The number of aliphatic imine (C=N–C) groups is 3. The van der Waals surface area contributed by atoms with E-state index >= 15 is 0 Å². The highest BCUT2D eigenvalue weighted by molar-refractivity contribution is 6.43. The van der Waals surface area contributed by atoms with Crippen molar-refractivity contribution in [3.63, 3.8) is 0 Å². The van der Waals surface area contributed by atoms with Crippen LogP contribution in [0.5, 0.6) is 0 Å². The van der Waals surface area contributed by atoms with Crippen molar-refractivity contribution in [1.82, 2.24) is 20.6 Å². The molecule has 7 rings (SSSR count). The minimum atomic E-state index is -0.865. The summed E-state index contributed by atoms with van der Waals surface area (Å²) in [6.45, 7) is 6.23. The zero-order valence-corrected chi connectivity index (χ0v) is 24.4. The fourth-order valence-electron chi connectivity index (χ4n) is 5.41. The number of hydrogen-bond donors (Lipinski definition) is 1. The van der Waals surface area contributed by atoms with E-state index in [1.54, 1.807) is 6.20 Å². The van der Waals surface area contributed by atoms with Crippen molar-refractivity contribution in [2.75, 3.05) is 0 Å². The zero-order chi connectivity index (χ0) is 29.4. The molecule has 0 radical (unpaired) electrons. The maximum atomic E-state index is 6.34. The average molecular weight is 573 g/mol. The van der Waals surface area contributed by atoms with Gasteiger partial charge in [0.25, 0.3) is 0 Å². The third-order valence-electron chi connectivity index (χ3n) is 8.03. The summed E-state index contributed by atoms with van der Waals surface area (Å²) in [5, 5.41) is 13.2. The highest BCUT2D eigenvalue weighted by Gasteiger charge is 2.36. The lowest BCUT2D eigenvalue weighted by molar-refractivity contribution is 0.0667. The van der Waals surface area contributed by atoms with Gasteiger partial charge in [-0.2, -0.15) is 0 Å². The monoisotopic (exact) mass is 572 g/mol. The van der Waals surface area contributed by atoms with Crippen molar-refractivity contribution in [1.29, 1.82) is 0 Å². The van der Waals surface area contributed by atoms with Gasteiger partial charge in [-0.1, -0.05) is 32.1 Å². The number of allylic oxidation sites excluding steroid dienone is 3. The Bertz CT molecular complexity index is 1780. The maximum absolute atomic E-state index is 6.34. The fourth-order valence-corrected chi connectivity index (χ4v) is 5.41. The largest absolute Gasteiger partial charge is 0.444 e. The average Bonchev–Trinajstić information content (AvgIpc) is 3.70. The number of nitrogens with zero attached hydrogens (tertiary/aromatic N) is 7. The molecule has 6 heterocycles. The van der Waals surface area contributed by atoms with Gasteiger partial charge in [-0.05, 0) is 67.9 Å². The Morgan fingerprint density at radius 3 is 2.65 bits per heavy atom. The molecule has 4 aliphatic heterocycles. The van der Waals surface area contributed by atoms with Gasteiger partial charge in [0.1, 0.15) is 0 Å². The molecule has 43 heavy (non-hydrogen) atoms. The third-order valence-corrected chi connectivity index (χ3v) is 8.03. The van der Waals surface area contributed by atoms with Crippen LogP contribution in [0.15, 0.2) is 91.6 Å². The molecule has 0 saturated carbocycles. The normalized spacial score (nSPS) is 24.8. The predicted molar refractivity (Wildman–Crippen MR) is 167 cm³/mol.